The highest BCUT2D eigenvalue weighted by molar-refractivity contribution is 6.02. The van der Waals surface area contributed by atoms with Crippen molar-refractivity contribution in [2.75, 3.05) is 7.11 Å². The molecular formula is C28H27NO5. The Hall–Kier alpha value is -4.06. The maximum absolute atomic E-state index is 12.9. The van der Waals surface area contributed by atoms with Crippen LogP contribution in [0, 0.1) is 6.92 Å². The minimum atomic E-state index is -1.11. The van der Waals surface area contributed by atoms with Crippen LogP contribution in [0.15, 0.2) is 83.2 Å². The smallest absolute Gasteiger partial charge is 0.336 e. The Morgan fingerprint density at radius 1 is 0.912 bits per heavy atom. The van der Waals surface area contributed by atoms with E-state index in [0.717, 1.165) is 21.9 Å². The average molecular weight is 458 g/mol. The van der Waals surface area contributed by atoms with Crippen LogP contribution in [0.4, 0.5) is 0 Å². The van der Waals surface area contributed by atoms with E-state index < -0.39 is 17.9 Å². The number of ether oxygens (including phenoxy) is 2. The normalized spacial score (nSPS) is 15.8. The molecule has 0 aliphatic carbocycles. The van der Waals surface area contributed by atoms with Gasteiger partial charge in [0.2, 0.25) is 0 Å². The van der Waals surface area contributed by atoms with E-state index in [1.807, 2.05) is 67.6 Å². The Morgan fingerprint density at radius 2 is 1.59 bits per heavy atom. The molecule has 0 aromatic heterocycles. The molecule has 2 N–H and O–H groups in total. The summed E-state index contributed by atoms with van der Waals surface area (Å²) in [6.45, 7) is 5.78. The van der Waals surface area contributed by atoms with Crippen molar-refractivity contribution >= 4 is 22.7 Å². The van der Waals surface area contributed by atoms with Gasteiger partial charge < -0.3 is 19.9 Å². The lowest BCUT2D eigenvalue weighted by atomic mass is 9.78. The van der Waals surface area contributed by atoms with E-state index in [9.17, 15) is 14.7 Å². The standard InChI is InChI=1S/C28H27NO5/c1-16-9-11-19(12-10-16)15-34-22-14-13-20-7-5-6-8-21(20)25(22)26-23(27(30)31)17(2)29-18(3)24(26)28(32)33-4/h5-14,26,29H,15H2,1-4H3,(H,30,31). The van der Waals surface area contributed by atoms with Crippen LogP contribution in [-0.2, 0) is 20.9 Å². The van der Waals surface area contributed by atoms with Crippen LogP contribution in [-0.4, -0.2) is 24.2 Å². The molecule has 0 radical (unpaired) electrons. The molecule has 1 atom stereocenters. The fourth-order valence-corrected chi connectivity index (χ4v) is 4.49. The number of hydrogen-bond acceptors (Lipinski definition) is 5. The number of esters is 1. The summed E-state index contributed by atoms with van der Waals surface area (Å²) in [4.78, 5) is 25.4. The number of aliphatic carboxylic acids is 1. The van der Waals surface area contributed by atoms with Crippen LogP contribution in [0.3, 0.4) is 0 Å². The van der Waals surface area contributed by atoms with Gasteiger partial charge in [0.05, 0.1) is 24.2 Å². The first kappa shape index (κ1) is 23.1. The number of nitrogens with one attached hydrogen (secondary N) is 1. The molecule has 0 bridgehead atoms. The summed E-state index contributed by atoms with van der Waals surface area (Å²) in [5.41, 5.74) is 4.13. The highest BCUT2D eigenvalue weighted by Crippen LogP contribution is 2.45. The van der Waals surface area contributed by atoms with Crippen molar-refractivity contribution in [1.82, 2.24) is 5.32 Å². The van der Waals surface area contributed by atoms with E-state index in [-0.39, 0.29) is 11.1 Å². The van der Waals surface area contributed by atoms with Gasteiger partial charge in [-0.2, -0.15) is 0 Å². The number of carbonyl (C=O) groups excluding carboxylic acids is 1. The van der Waals surface area contributed by atoms with Crippen molar-refractivity contribution in [3.8, 4) is 5.75 Å². The van der Waals surface area contributed by atoms with E-state index in [1.165, 1.54) is 7.11 Å². The Bertz CT molecular complexity index is 1330. The van der Waals surface area contributed by atoms with Crippen LogP contribution in [0.1, 0.15) is 36.5 Å². The minimum Gasteiger partial charge on any atom is -0.489 e. The Balaban J connectivity index is 1.94. The van der Waals surface area contributed by atoms with Crippen molar-refractivity contribution in [3.05, 3.63) is 99.9 Å². The number of hydrogen-bond donors (Lipinski definition) is 2. The molecule has 1 heterocycles. The Morgan fingerprint density at radius 3 is 2.26 bits per heavy atom. The molecule has 0 fully saturated rings. The fraction of sp³-hybridized carbons (Fsp3) is 0.214. The summed E-state index contributed by atoms with van der Waals surface area (Å²) in [5.74, 6) is -2.04. The van der Waals surface area contributed by atoms with Gasteiger partial charge >= 0.3 is 11.9 Å². The molecule has 0 spiro atoms. The summed E-state index contributed by atoms with van der Waals surface area (Å²) in [6.07, 6.45) is 0. The van der Waals surface area contributed by atoms with Gasteiger partial charge in [0.25, 0.3) is 0 Å². The number of allylic oxidation sites excluding steroid dienone is 2. The van der Waals surface area contributed by atoms with Crippen molar-refractivity contribution in [2.45, 2.75) is 33.3 Å². The highest BCUT2D eigenvalue weighted by atomic mass is 16.5. The van der Waals surface area contributed by atoms with Gasteiger partial charge in [-0.3, -0.25) is 0 Å². The van der Waals surface area contributed by atoms with E-state index in [4.69, 9.17) is 9.47 Å². The lowest BCUT2D eigenvalue weighted by Crippen LogP contribution is -2.31. The van der Waals surface area contributed by atoms with Gasteiger partial charge in [-0.05, 0) is 43.2 Å². The SMILES string of the molecule is COC(=O)C1=C(C)NC(C)=C(C(=O)O)C1c1c(OCc2ccc(C)cc2)ccc2ccccc12. The maximum Gasteiger partial charge on any atom is 0.336 e. The molecule has 4 rings (SSSR count). The summed E-state index contributed by atoms with van der Waals surface area (Å²) >= 11 is 0. The van der Waals surface area contributed by atoms with E-state index >= 15 is 0 Å². The molecule has 1 aliphatic heterocycles. The molecule has 3 aromatic carbocycles. The molecule has 1 aliphatic rings. The molecule has 3 aromatic rings. The second-order valence-electron chi connectivity index (χ2n) is 8.40. The van der Waals surface area contributed by atoms with E-state index in [2.05, 4.69) is 5.32 Å². The first-order chi connectivity index (χ1) is 16.3. The van der Waals surface area contributed by atoms with Gasteiger partial charge in [0.15, 0.2) is 0 Å². The largest absolute Gasteiger partial charge is 0.489 e. The predicted octanol–water partition coefficient (Wildman–Crippen LogP) is 5.22. The summed E-state index contributed by atoms with van der Waals surface area (Å²) in [5, 5.41) is 15.0. The summed E-state index contributed by atoms with van der Waals surface area (Å²) in [7, 11) is 1.29. The average Bonchev–Trinajstić information content (AvgIpc) is 2.82. The van der Waals surface area contributed by atoms with Gasteiger partial charge in [-0.25, -0.2) is 9.59 Å². The Labute approximate surface area is 198 Å². The Kier molecular flexibility index (Phi) is 6.41. The molecule has 0 saturated heterocycles. The van der Waals surface area contributed by atoms with Crippen LogP contribution in [0.5, 0.6) is 5.75 Å². The zero-order valence-electron chi connectivity index (χ0n) is 19.6. The van der Waals surface area contributed by atoms with Crippen LogP contribution in [0.25, 0.3) is 10.8 Å². The fourth-order valence-electron chi connectivity index (χ4n) is 4.49. The molecule has 174 valence electrons. The third-order valence-corrected chi connectivity index (χ3v) is 6.13. The predicted molar refractivity (Wildman–Crippen MR) is 130 cm³/mol. The minimum absolute atomic E-state index is 0.0857. The lowest BCUT2D eigenvalue weighted by Gasteiger charge is -2.31. The number of aryl methyl sites for hydroxylation is 1. The molecule has 0 amide bonds. The number of dihydropyridines is 1. The van der Waals surface area contributed by atoms with Crippen molar-refractivity contribution < 1.29 is 24.2 Å². The number of carboxylic acid groups (broad SMARTS) is 1. The number of fused-ring (bicyclic) bond motifs is 1. The number of rotatable bonds is 6. The first-order valence-corrected chi connectivity index (χ1v) is 11.0. The second kappa shape index (κ2) is 9.43. The third kappa shape index (κ3) is 4.27. The highest BCUT2D eigenvalue weighted by Gasteiger charge is 2.39. The number of carbonyl (C=O) groups is 2. The topological polar surface area (TPSA) is 84.9 Å². The quantitative estimate of drug-likeness (QED) is 0.494. The molecule has 0 saturated carbocycles. The van der Waals surface area contributed by atoms with Crippen molar-refractivity contribution in [3.63, 3.8) is 0 Å². The summed E-state index contributed by atoms with van der Waals surface area (Å²) < 4.78 is 11.3. The van der Waals surface area contributed by atoms with Gasteiger partial charge in [-0.1, -0.05) is 60.2 Å². The number of carboxylic acids is 1. The van der Waals surface area contributed by atoms with Gasteiger partial charge in [-0.15, -0.1) is 0 Å². The van der Waals surface area contributed by atoms with Crippen LogP contribution >= 0.6 is 0 Å². The zero-order valence-corrected chi connectivity index (χ0v) is 19.6. The molecule has 6 nitrogen and oxygen atoms in total. The molecular weight excluding hydrogens is 430 g/mol. The first-order valence-electron chi connectivity index (χ1n) is 11.0. The van der Waals surface area contributed by atoms with Gasteiger partial charge in [0, 0.05) is 17.0 Å². The molecule has 1 unspecified atom stereocenters. The third-order valence-electron chi connectivity index (χ3n) is 6.13. The van der Waals surface area contributed by atoms with Crippen molar-refractivity contribution in [1.29, 1.82) is 0 Å². The summed E-state index contributed by atoms with van der Waals surface area (Å²) in [6, 6.07) is 19.5. The molecule has 34 heavy (non-hydrogen) atoms. The lowest BCUT2D eigenvalue weighted by molar-refractivity contribution is -0.136. The second-order valence-corrected chi connectivity index (χ2v) is 8.40. The van der Waals surface area contributed by atoms with Gasteiger partial charge in [0.1, 0.15) is 12.4 Å². The maximum atomic E-state index is 12.9. The van der Waals surface area contributed by atoms with Crippen LogP contribution in [0.2, 0.25) is 0 Å². The monoisotopic (exact) mass is 457 g/mol. The molecule has 6 heteroatoms. The van der Waals surface area contributed by atoms with Crippen LogP contribution < -0.4 is 10.1 Å². The van der Waals surface area contributed by atoms with Crippen molar-refractivity contribution in [2.24, 2.45) is 0 Å². The van der Waals surface area contributed by atoms with E-state index in [0.29, 0.717) is 29.3 Å². The van der Waals surface area contributed by atoms with E-state index in [1.54, 1.807) is 13.8 Å². The number of benzene rings is 3. The number of methoxy groups -OCH3 is 1. The zero-order chi connectivity index (χ0) is 24.4.